The monoisotopic (exact) mass is 312 g/mol. The molecule has 0 bridgehead atoms. The maximum atomic E-state index is 11.8. The first-order valence-corrected chi connectivity index (χ1v) is 7.56. The average molecular weight is 312 g/mol. The van der Waals surface area contributed by atoms with Crippen molar-refractivity contribution >= 4 is 23.9 Å². The lowest BCUT2D eigenvalue weighted by Gasteiger charge is -2.13. The van der Waals surface area contributed by atoms with Crippen molar-refractivity contribution < 1.29 is 28.5 Å². The fraction of sp³-hybridized carbons (Fsp3) is 0.429. The van der Waals surface area contributed by atoms with Crippen molar-refractivity contribution in [1.29, 1.82) is 0 Å². The molecular formula is C14H16O6S. The topological polar surface area (TPSA) is 71.1 Å². The molecule has 0 saturated carbocycles. The molecule has 7 heteroatoms. The second kappa shape index (κ2) is 7.90. The van der Waals surface area contributed by atoms with Gasteiger partial charge in [-0.25, -0.2) is 9.59 Å². The summed E-state index contributed by atoms with van der Waals surface area (Å²) in [5.74, 6) is 0.0707. The smallest absolute Gasteiger partial charge is 0.458 e. The van der Waals surface area contributed by atoms with Crippen molar-refractivity contribution in [1.82, 2.24) is 0 Å². The summed E-state index contributed by atoms with van der Waals surface area (Å²) in [6.07, 6.45) is -1.43. The van der Waals surface area contributed by atoms with Crippen LogP contribution in [0.5, 0.6) is 0 Å². The molecule has 1 aliphatic rings. The summed E-state index contributed by atoms with van der Waals surface area (Å²) in [6, 6.07) is 8.71. The summed E-state index contributed by atoms with van der Waals surface area (Å²) in [5.41, 5.74) is 0.136. The van der Waals surface area contributed by atoms with Gasteiger partial charge in [-0.15, -0.1) is 11.8 Å². The van der Waals surface area contributed by atoms with Gasteiger partial charge in [-0.2, -0.15) is 0 Å². The molecule has 0 unspecified atom stereocenters. The molecule has 1 aromatic carbocycles. The quantitative estimate of drug-likeness (QED) is 0.773. The van der Waals surface area contributed by atoms with Crippen LogP contribution in [0.2, 0.25) is 0 Å². The minimum absolute atomic E-state index is 0.0983. The summed E-state index contributed by atoms with van der Waals surface area (Å²) in [4.78, 5) is 22.9. The van der Waals surface area contributed by atoms with Crippen LogP contribution in [0.3, 0.4) is 0 Å². The van der Waals surface area contributed by atoms with Crippen LogP contribution in [-0.2, 0) is 18.9 Å². The van der Waals surface area contributed by atoms with Gasteiger partial charge in [-0.1, -0.05) is 18.2 Å². The molecule has 114 valence electrons. The van der Waals surface area contributed by atoms with Gasteiger partial charge in [0.1, 0.15) is 12.0 Å². The third-order valence-electron chi connectivity index (χ3n) is 2.57. The first-order chi connectivity index (χ1) is 10.2. The summed E-state index contributed by atoms with van der Waals surface area (Å²) in [5, 5.41) is 0. The van der Waals surface area contributed by atoms with Gasteiger partial charge in [-0.3, -0.25) is 0 Å². The molecule has 1 heterocycles. The Morgan fingerprint density at radius 1 is 1.29 bits per heavy atom. The van der Waals surface area contributed by atoms with Gasteiger partial charge >= 0.3 is 12.1 Å². The fourth-order valence-corrected chi connectivity index (χ4v) is 2.53. The van der Waals surface area contributed by atoms with E-state index in [2.05, 4.69) is 4.74 Å². The van der Waals surface area contributed by atoms with Crippen LogP contribution >= 0.6 is 11.8 Å². The van der Waals surface area contributed by atoms with Crippen molar-refractivity contribution in [2.24, 2.45) is 0 Å². The SMILES string of the molecule is CCOC(=O)O[C@H]1CS[C@@H](COC(=O)c2ccccc2)O1. The van der Waals surface area contributed by atoms with Crippen molar-refractivity contribution in [3.8, 4) is 0 Å². The number of rotatable bonds is 5. The van der Waals surface area contributed by atoms with Gasteiger partial charge in [-0.05, 0) is 19.1 Å². The number of esters is 1. The Kier molecular flexibility index (Phi) is 5.89. The van der Waals surface area contributed by atoms with E-state index in [1.807, 2.05) is 6.07 Å². The van der Waals surface area contributed by atoms with Crippen LogP contribution in [0.25, 0.3) is 0 Å². The molecule has 0 aliphatic carbocycles. The minimum Gasteiger partial charge on any atom is -0.458 e. The highest BCUT2D eigenvalue weighted by Crippen LogP contribution is 2.26. The van der Waals surface area contributed by atoms with Gasteiger partial charge in [0.2, 0.25) is 6.29 Å². The van der Waals surface area contributed by atoms with E-state index in [0.29, 0.717) is 11.3 Å². The summed E-state index contributed by atoms with van der Waals surface area (Å²) < 4.78 is 20.2. The molecule has 2 rings (SSSR count). The van der Waals surface area contributed by atoms with Crippen molar-refractivity contribution in [2.75, 3.05) is 19.0 Å². The molecule has 1 saturated heterocycles. The molecule has 21 heavy (non-hydrogen) atoms. The first-order valence-electron chi connectivity index (χ1n) is 6.51. The van der Waals surface area contributed by atoms with Gasteiger partial charge in [0.15, 0.2) is 0 Å². The van der Waals surface area contributed by atoms with Crippen molar-refractivity contribution in [3.63, 3.8) is 0 Å². The Morgan fingerprint density at radius 2 is 2.05 bits per heavy atom. The van der Waals surface area contributed by atoms with Gasteiger partial charge in [0.25, 0.3) is 0 Å². The van der Waals surface area contributed by atoms with E-state index in [1.54, 1.807) is 31.2 Å². The molecule has 0 spiro atoms. The number of hydrogen-bond acceptors (Lipinski definition) is 7. The molecule has 0 amide bonds. The molecular weight excluding hydrogens is 296 g/mol. The minimum atomic E-state index is -0.759. The average Bonchev–Trinajstić information content (AvgIpc) is 2.93. The van der Waals surface area contributed by atoms with Crippen LogP contribution in [0.1, 0.15) is 17.3 Å². The van der Waals surface area contributed by atoms with Crippen LogP contribution in [-0.4, -0.2) is 42.8 Å². The molecule has 6 nitrogen and oxygen atoms in total. The summed E-state index contributed by atoms with van der Waals surface area (Å²) >= 11 is 1.42. The molecule has 1 aliphatic heterocycles. The van der Waals surface area contributed by atoms with E-state index in [9.17, 15) is 9.59 Å². The predicted molar refractivity (Wildman–Crippen MR) is 76.0 cm³/mol. The van der Waals surface area contributed by atoms with E-state index >= 15 is 0 Å². The largest absolute Gasteiger partial charge is 0.510 e. The number of ether oxygens (including phenoxy) is 4. The molecule has 0 N–H and O–H groups in total. The predicted octanol–water partition coefficient (Wildman–Crippen LogP) is 2.43. The number of thioether (sulfide) groups is 1. The second-order valence-corrected chi connectivity index (χ2v) is 5.29. The van der Waals surface area contributed by atoms with Gasteiger partial charge < -0.3 is 18.9 Å². The maximum Gasteiger partial charge on any atom is 0.510 e. The Balaban J connectivity index is 1.71. The summed E-state index contributed by atoms with van der Waals surface area (Å²) in [6.45, 7) is 2.04. The van der Waals surface area contributed by atoms with Crippen LogP contribution in [0, 0.1) is 0 Å². The third kappa shape index (κ3) is 4.95. The zero-order valence-corrected chi connectivity index (χ0v) is 12.3. The third-order valence-corrected chi connectivity index (χ3v) is 3.66. The summed E-state index contributed by atoms with van der Waals surface area (Å²) in [7, 11) is 0. The molecule has 0 aromatic heterocycles. The maximum absolute atomic E-state index is 11.8. The van der Waals surface area contributed by atoms with Crippen LogP contribution < -0.4 is 0 Å². The van der Waals surface area contributed by atoms with E-state index in [0.717, 1.165) is 0 Å². The fourth-order valence-electron chi connectivity index (χ4n) is 1.64. The zero-order valence-electron chi connectivity index (χ0n) is 11.5. The van der Waals surface area contributed by atoms with Crippen molar-refractivity contribution in [2.45, 2.75) is 18.6 Å². The zero-order chi connectivity index (χ0) is 15.1. The molecule has 1 aromatic rings. The molecule has 2 atom stereocenters. The second-order valence-electron chi connectivity index (χ2n) is 4.09. The lowest BCUT2D eigenvalue weighted by molar-refractivity contribution is -0.113. The van der Waals surface area contributed by atoms with Gasteiger partial charge in [0, 0.05) is 0 Å². The van der Waals surface area contributed by atoms with E-state index in [-0.39, 0.29) is 18.6 Å². The van der Waals surface area contributed by atoms with Crippen LogP contribution in [0.15, 0.2) is 30.3 Å². The Labute approximate surface area is 126 Å². The lowest BCUT2D eigenvalue weighted by Crippen LogP contribution is -2.23. The number of carbonyl (C=O) groups is 2. The van der Waals surface area contributed by atoms with Crippen LogP contribution in [0.4, 0.5) is 4.79 Å². The lowest BCUT2D eigenvalue weighted by atomic mass is 10.2. The Morgan fingerprint density at radius 3 is 2.76 bits per heavy atom. The molecule has 1 fully saturated rings. The number of carbonyl (C=O) groups excluding carboxylic acids is 2. The normalized spacial score (nSPS) is 20.8. The Bertz CT molecular complexity index is 478. The number of hydrogen-bond donors (Lipinski definition) is 0. The van der Waals surface area contributed by atoms with Crippen molar-refractivity contribution in [3.05, 3.63) is 35.9 Å². The highest BCUT2D eigenvalue weighted by Gasteiger charge is 2.30. The first kappa shape index (κ1) is 15.7. The number of benzene rings is 1. The van der Waals surface area contributed by atoms with E-state index in [4.69, 9.17) is 14.2 Å². The van der Waals surface area contributed by atoms with Gasteiger partial charge in [0.05, 0.1) is 17.9 Å². The highest BCUT2D eigenvalue weighted by molar-refractivity contribution is 8.00. The van der Waals surface area contributed by atoms with E-state index in [1.165, 1.54) is 11.8 Å². The Hall–Kier alpha value is -1.73. The van der Waals surface area contributed by atoms with E-state index < -0.39 is 18.4 Å². The standard InChI is InChI=1S/C14H16O6S/c1-2-17-14(16)20-11-9-21-12(19-11)8-18-13(15)10-6-4-3-5-7-10/h3-7,11-12H,2,8-9H2,1H3/t11-,12-/m0/s1. The highest BCUT2D eigenvalue weighted by atomic mass is 32.2. The molecule has 0 radical (unpaired) electrons.